The third-order valence-electron chi connectivity index (χ3n) is 3.57. The largest absolute Gasteiger partial charge is 0.364 e. The van der Waals surface area contributed by atoms with E-state index in [4.69, 9.17) is 0 Å². The average Bonchev–Trinajstić information content (AvgIpc) is 2.44. The average molecular weight is 285 g/mol. The molecule has 0 saturated heterocycles. The number of carbonyl (C=O) groups excluding carboxylic acids is 1. The fraction of sp³-hybridized carbons (Fsp3) is 0.278. The van der Waals surface area contributed by atoms with Gasteiger partial charge in [0.1, 0.15) is 5.82 Å². The first kappa shape index (κ1) is 15.2. The number of ketones is 1. The minimum atomic E-state index is -0.287. The zero-order valence-corrected chi connectivity index (χ0v) is 12.7. The van der Waals surface area contributed by atoms with E-state index in [0.29, 0.717) is 6.54 Å². The predicted molar refractivity (Wildman–Crippen MR) is 84.5 cm³/mol. The summed E-state index contributed by atoms with van der Waals surface area (Å²) in [5, 5.41) is 0. The standard InChI is InChI=1S/C18H20FNO/c1-4-20(16-7-5-6-15(19)11-16)12-18(21)17-9-8-13(2)10-14(17)3/h5-11H,4,12H2,1-3H3. The summed E-state index contributed by atoms with van der Waals surface area (Å²) in [6, 6.07) is 12.2. The molecule has 0 unspecified atom stereocenters. The molecule has 0 radical (unpaired) electrons. The second-order valence-electron chi connectivity index (χ2n) is 5.24. The highest BCUT2D eigenvalue weighted by molar-refractivity contribution is 6.00. The molecular formula is C18H20FNO. The smallest absolute Gasteiger partial charge is 0.182 e. The van der Waals surface area contributed by atoms with E-state index in [0.717, 1.165) is 22.4 Å². The van der Waals surface area contributed by atoms with Crippen molar-refractivity contribution >= 4 is 11.5 Å². The maximum absolute atomic E-state index is 13.3. The second kappa shape index (κ2) is 6.53. The number of Topliss-reactive ketones (excluding diaryl/α,β-unsaturated/α-hetero) is 1. The van der Waals surface area contributed by atoms with Crippen molar-refractivity contribution in [3.8, 4) is 0 Å². The zero-order valence-electron chi connectivity index (χ0n) is 12.7. The van der Waals surface area contributed by atoms with Crippen LogP contribution in [0.5, 0.6) is 0 Å². The van der Waals surface area contributed by atoms with Gasteiger partial charge in [-0.25, -0.2) is 4.39 Å². The van der Waals surface area contributed by atoms with Gasteiger partial charge >= 0.3 is 0 Å². The molecule has 21 heavy (non-hydrogen) atoms. The lowest BCUT2D eigenvalue weighted by molar-refractivity contribution is 0.0998. The summed E-state index contributed by atoms with van der Waals surface area (Å²) >= 11 is 0. The molecular weight excluding hydrogens is 265 g/mol. The number of likely N-dealkylation sites (N-methyl/N-ethyl adjacent to an activating group) is 1. The number of nitrogens with zero attached hydrogens (tertiary/aromatic N) is 1. The normalized spacial score (nSPS) is 10.5. The molecule has 2 aromatic carbocycles. The molecule has 0 bridgehead atoms. The Kier molecular flexibility index (Phi) is 4.73. The summed E-state index contributed by atoms with van der Waals surface area (Å²) in [5.74, 6) is -0.233. The number of halogens is 1. The molecule has 2 aromatic rings. The Morgan fingerprint density at radius 2 is 1.90 bits per heavy atom. The van der Waals surface area contributed by atoms with Crippen LogP contribution < -0.4 is 4.90 Å². The van der Waals surface area contributed by atoms with Crippen molar-refractivity contribution in [3.05, 3.63) is 65.0 Å². The number of aryl methyl sites for hydroxylation is 2. The van der Waals surface area contributed by atoms with Crippen LogP contribution in [0.4, 0.5) is 10.1 Å². The number of rotatable bonds is 5. The highest BCUT2D eigenvalue weighted by Gasteiger charge is 2.14. The Balaban J connectivity index is 2.20. The summed E-state index contributed by atoms with van der Waals surface area (Å²) in [4.78, 5) is 14.3. The van der Waals surface area contributed by atoms with E-state index < -0.39 is 0 Å². The van der Waals surface area contributed by atoms with Crippen LogP contribution in [0.15, 0.2) is 42.5 Å². The Morgan fingerprint density at radius 1 is 1.14 bits per heavy atom. The third-order valence-corrected chi connectivity index (χ3v) is 3.57. The maximum atomic E-state index is 13.3. The van der Waals surface area contributed by atoms with Crippen LogP contribution in [0, 0.1) is 19.7 Å². The lowest BCUT2D eigenvalue weighted by Gasteiger charge is -2.22. The first-order chi connectivity index (χ1) is 10.0. The summed E-state index contributed by atoms with van der Waals surface area (Å²) in [5.41, 5.74) is 3.59. The first-order valence-electron chi connectivity index (χ1n) is 7.12. The Labute approximate surface area is 125 Å². The van der Waals surface area contributed by atoms with Crippen molar-refractivity contribution in [2.75, 3.05) is 18.0 Å². The van der Waals surface area contributed by atoms with Crippen molar-refractivity contribution in [1.82, 2.24) is 0 Å². The molecule has 2 nitrogen and oxygen atoms in total. The van der Waals surface area contributed by atoms with Crippen molar-refractivity contribution in [2.45, 2.75) is 20.8 Å². The van der Waals surface area contributed by atoms with Crippen LogP contribution in [-0.2, 0) is 0 Å². The number of carbonyl (C=O) groups is 1. The molecule has 3 heteroatoms. The summed E-state index contributed by atoms with van der Waals surface area (Å²) in [7, 11) is 0. The Morgan fingerprint density at radius 3 is 2.52 bits per heavy atom. The molecule has 0 aliphatic carbocycles. The van der Waals surface area contributed by atoms with Gasteiger partial charge in [-0.2, -0.15) is 0 Å². The summed E-state index contributed by atoms with van der Waals surface area (Å²) < 4.78 is 13.3. The van der Waals surface area contributed by atoms with Gasteiger partial charge in [-0.3, -0.25) is 4.79 Å². The van der Waals surface area contributed by atoms with Gasteiger partial charge in [-0.15, -0.1) is 0 Å². The molecule has 0 fully saturated rings. The monoisotopic (exact) mass is 285 g/mol. The van der Waals surface area contributed by atoms with E-state index in [2.05, 4.69) is 0 Å². The molecule has 0 amide bonds. The lowest BCUT2D eigenvalue weighted by atomic mass is 10.0. The molecule has 0 aliphatic rings. The Bertz CT molecular complexity index is 651. The third kappa shape index (κ3) is 3.69. The number of anilines is 1. The van der Waals surface area contributed by atoms with Gasteiger partial charge < -0.3 is 4.90 Å². The number of hydrogen-bond acceptors (Lipinski definition) is 2. The molecule has 0 spiro atoms. The van der Waals surface area contributed by atoms with Gasteiger partial charge in [-0.1, -0.05) is 29.8 Å². The highest BCUT2D eigenvalue weighted by atomic mass is 19.1. The van der Waals surface area contributed by atoms with Crippen LogP contribution >= 0.6 is 0 Å². The second-order valence-corrected chi connectivity index (χ2v) is 5.24. The molecule has 0 aliphatic heterocycles. The Hall–Kier alpha value is -2.16. The number of hydrogen-bond donors (Lipinski definition) is 0. The fourth-order valence-electron chi connectivity index (χ4n) is 2.44. The lowest BCUT2D eigenvalue weighted by Crippen LogP contribution is -2.30. The van der Waals surface area contributed by atoms with Crippen LogP contribution in [0.25, 0.3) is 0 Å². The highest BCUT2D eigenvalue weighted by Crippen LogP contribution is 2.17. The fourth-order valence-corrected chi connectivity index (χ4v) is 2.44. The zero-order chi connectivity index (χ0) is 15.4. The minimum Gasteiger partial charge on any atom is -0.364 e. The molecule has 110 valence electrons. The maximum Gasteiger partial charge on any atom is 0.182 e. The molecule has 0 heterocycles. The van der Waals surface area contributed by atoms with E-state index in [1.807, 2.05) is 49.9 Å². The van der Waals surface area contributed by atoms with Gasteiger partial charge in [0, 0.05) is 17.8 Å². The molecule has 0 N–H and O–H groups in total. The minimum absolute atomic E-state index is 0.0543. The molecule has 2 rings (SSSR count). The van der Waals surface area contributed by atoms with E-state index in [-0.39, 0.29) is 18.1 Å². The van der Waals surface area contributed by atoms with Crippen molar-refractivity contribution in [1.29, 1.82) is 0 Å². The predicted octanol–water partition coefficient (Wildman–Crippen LogP) is 4.15. The first-order valence-corrected chi connectivity index (χ1v) is 7.12. The van der Waals surface area contributed by atoms with E-state index in [1.165, 1.54) is 12.1 Å². The van der Waals surface area contributed by atoms with Gasteiger partial charge in [0.2, 0.25) is 0 Å². The summed E-state index contributed by atoms with van der Waals surface area (Å²) in [6.07, 6.45) is 0. The molecule has 0 saturated carbocycles. The van der Waals surface area contributed by atoms with Gasteiger partial charge in [0.25, 0.3) is 0 Å². The van der Waals surface area contributed by atoms with Gasteiger partial charge in [0.05, 0.1) is 6.54 Å². The van der Waals surface area contributed by atoms with E-state index in [9.17, 15) is 9.18 Å². The molecule has 0 aromatic heterocycles. The summed E-state index contributed by atoms with van der Waals surface area (Å²) in [6.45, 7) is 6.81. The van der Waals surface area contributed by atoms with Crippen molar-refractivity contribution in [2.24, 2.45) is 0 Å². The van der Waals surface area contributed by atoms with Gasteiger partial charge in [-0.05, 0) is 44.5 Å². The van der Waals surface area contributed by atoms with Crippen LogP contribution in [0.1, 0.15) is 28.4 Å². The van der Waals surface area contributed by atoms with Crippen LogP contribution in [-0.4, -0.2) is 18.9 Å². The van der Waals surface area contributed by atoms with E-state index >= 15 is 0 Å². The molecule has 0 atom stereocenters. The quantitative estimate of drug-likeness (QED) is 0.769. The van der Waals surface area contributed by atoms with E-state index in [1.54, 1.807) is 6.07 Å². The van der Waals surface area contributed by atoms with Gasteiger partial charge in [0.15, 0.2) is 5.78 Å². The van der Waals surface area contributed by atoms with Crippen molar-refractivity contribution < 1.29 is 9.18 Å². The number of benzene rings is 2. The van der Waals surface area contributed by atoms with Crippen molar-refractivity contribution in [3.63, 3.8) is 0 Å². The van der Waals surface area contributed by atoms with Crippen LogP contribution in [0.2, 0.25) is 0 Å². The van der Waals surface area contributed by atoms with Crippen LogP contribution in [0.3, 0.4) is 0 Å². The topological polar surface area (TPSA) is 20.3 Å². The SMILES string of the molecule is CCN(CC(=O)c1ccc(C)cc1C)c1cccc(F)c1.